The van der Waals surface area contributed by atoms with Crippen LogP contribution < -0.4 is 10.6 Å². The third kappa shape index (κ3) is 6.85. The molecule has 1 aromatic heterocycles. The average molecular weight is 503 g/mol. The Morgan fingerprint density at radius 2 is 1.88 bits per heavy atom. The van der Waals surface area contributed by atoms with Gasteiger partial charge in [0.2, 0.25) is 11.8 Å². The molecule has 34 heavy (non-hydrogen) atoms. The van der Waals surface area contributed by atoms with Crippen molar-refractivity contribution in [3.63, 3.8) is 0 Å². The number of hydrogen-bond acceptors (Lipinski definition) is 6. The van der Waals surface area contributed by atoms with Gasteiger partial charge < -0.3 is 15.4 Å². The summed E-state index contributed by atoms with van der Waals surface area (Å²) in [7, 11) is 1.37. The molecule has 0 radical (unpaired) electrons. The zero-order valence-corrected chi connectivity index (χ0v) is 22.2. The number of methoxy groups -OCH3 is 1. The lowest BCUT2D eigenvalue weighted by Crippen LogP contribution is -2.25. The lowest BCUT2D eigenvalue weighted by atomic mass is 9.92. The van der Waals surface area contributed by atoms with E-state index in [1.54, 1.807) is 0 Å². The molecule has 0 spiro atoms. The number of fused-ring (bicyclic) bond motifs is 1. The lowest BCUT2D eigenvalue weighted by Gasteiger charge is -2.18. The second-order valence-corrected chi connectivity index (χ2v) is 12.1. The summed E-state index contributed by atoms with van der Waals surface area (Å²) >= 11 is 2.94. The van der Waals surface area contributed by atoms with Gasteiger partial charge in [-0.1, -0.05) is 33.8 Å². The summed E-state index contributed by atoms with van der Waals surface area (Å²) in [5.74, 6) is -0.566. The first-order valence-corrected chi connectivity index (χ1v) is 13.4. The number of aryl methyl sites for hydroxylation is 1. The summed E-state index contributed by atoms with van der Waals surface area (Å²) < 4.78 is 5.02. The summed E-state index contributed by atoms with van der Waals surface area (Å²) in [5, 5.41) is 6.21. The highest BCUT2D eigenvalue weighted by Crippen LogP contribution is 2.39. The van der Waals surface area contributed by atoms with Crippen molar-refractivity contribution in [2.45, 2.75) is 76.4 Å². The van der Waals surface area contributed by atoms with Gasteiger partial charge in [-0.15, -0.1) is 23.1 Å². The van der Waals surface area contributed by atoms with E-state index in [2.05, 4.69) is 10.6 Å². The van der Waals surface area contributed by atoms with Gasteiger partial charge in [0.15, 0.2) is 0 Å². The molecule has 1 aromatic carbocycles. The fraction of sp³-hybridized carbons (Fsp3) is 0.500. The third-order valence-corrected chi connectivity index (χ3v) is 8.11. The van der Waals surface area contributed by atoms with E-state index in [1.807, 2.05) is 52.0 Å². The molecule has 1 heterocycles. The van der Waals surface area contributed by atoms with Crippen molar-refractivity contribution in [2.75, 3.05) is 17.7 Å². The Labute approximate surface area is 210 Å². The zero-order chi connectivity index (χ0) is 24.9. The normalized spacial score (nSPS) is 14.1. The van der Waals surface area contributed by atoms with E-state index in [9.17, 15) is 14.4 Å². The van der Waals surface area contributed by atoms with Gasteiger partial charge in [0, 0.05) is 21.9 Å². The van der Waals surface area contributed by atoms with Crippen LogP contribution in [0.3, 0.4) is 0 Å². The fourth-order valence-electron chi connectivity index (χ4n) is 3.98. The van der Waals surface area contributed by atoms with Gasteiger partial charge in [-0.25, -0.2) is 4.79 Å². The van der Waals surface area contributed by atoms with Gasteiger partial charge >= 0.3 is 5.97 Å². The van der Waals surface area contributed by atoms with E-state index in [0.29, 0.717) is 29.1 Å². The molecular formula is C26H34N2O4S2. The molecule has 0 fully saturated rings. The molecule has 1 aliphatic rings. The Bertz CT molecular complexity index is 1060. The molecule has 3 rings (SSSR count). The van der Waals surface area contributed by atoms with Gasteiger partial charge in [-0.3, -0.25) is 9.59 Å². The average Bonchev–Trinajstić information content (AvgIpc) is 3.13. The Morgan fingerprint density at radius 3 is 2.56 bits per heavy atom. The SMILES string of the molecule is CCC(Sc1cccc(NC(=O)CC(C)(C)C)c1)C(=O)Nc1sc2c(c1C(=O)OC)CCCC2. The number of nitrogens with one attached hydrogen (secondary N) is 2. The van der Waals surface area contributed by atoms with Crippen molar-refractivity contribution in [1.82, 2.24) is 0 Å². The van der Waals surface area contributed by atoms with Gasteiger partial charge in [-0.05, 0) is 61.3 Å². The Hall–Kier alpha value is -2.32. The molecule has 2 N–H and O–H groups in total. The quantitative estimate of drug-likeness (QED) is 0.327. The number of carbonyl (C=O) groups is 3. The monoisotopic (exact) mass is 502 g/mol. The van der Waals surface area contributed by atoms with E-state index in [1.165, 1.54) is 35.1 Å². The standard InChI is InChI=1S/C26H34N2O4S2/c1-6-19(33-17-11-9-10-16(14-17)27-21(29)15-26(2,3)4)23(30)28-24-22(25(31)32-5)18-12-7-8-13-20(18)34-24/h9-11,14,19H,6-8,12-13,15H2,1-5H3,(H,27,29)(H,28,30). The highest BCUT2D eigenvalue weighted by Gasteiger charge is 2.28. The van der Waals surface area contributed by atoms with Crippen LogP contribution in [0.25, 0.3) is 0 Å². The number of amides is 2. The van der Waals surface area contributed by atoms with Crippen molar-refractivity contribution in [2.24, 2.45) is 5.41 Å². The topological polar surface area (TPSA) is 84.5 Å². The maximum Gasteiger partial charge on any atom is 0.341 e. The van der Waals surface area contributed by atoms with E-state index in [0.717, 1.165) is 36.1 Å². The molecule has 1 atom stereocenters. The number of thioether (sulfide) groups is 1. The first-order valence-electron chi connectivity index (χ1n) is 11.7. The predicted octanol–water partition coefficient (Wildman–Crippen LogP) is 6.30. The van der Waals surface area contributed by atoms with E-state index in [4.69, 9.17) is 4.74 Å². The number of carbonyl (C=O) groups excluding carboxylic acids is 3. The fourth-order valence-corrected chi connectivity index (χ4v) is 6.28. The Morgan fingerprint density at radius 1 is 1.15 bits per heavy atom. The second-order valence-electron chi connectivity index (χ2n) is 9.72. The molecular weight excluding hydrogens is 468 g/mol. The minimum Gasteiger partial charge on any atom is -0.465 e. The summed E-state index contributed by atoms with van der Waals surface area (Å²) in [4.78, 5) is 40.1. The molecule has 0 saturated carbocycles. The van der Waals surface area contributed by atoms with Gasteiger partial charge in [-0.2, -0.15) is 0 Å². The van der Waals surface area contributed by atoms with E-state index >= 15 is 0 Å². The van der Waals surface area contributed by atoms with Crippen molar-refractivity contribution in [3.8, 4) is 0 Å². The van der Waals surface area contributed by atoms with Crippen LogP contribution in [0.15, 0.2) is 29.2 Å². The van der Waals surface area contributed by atoms with E-state index < -0.39 is 5.97 Å². The minimum absolute atomic E-state index is 0.0311. The molecule has 1 unspecified atom stereocenters. The van der Waals surface area contributed by atoms with Crippen molar-refractivity contribution in [1.29, 1.82) is 0 Å². The first-order chi connectivity index (χ1) is 16.1. The number of ether oxygens (including phenoxy) is 1. The second kappa shape index (κ2) is 11.4. The molecule has 0 bridgehead atoms. The van der Waals surface area contributed by atoms with Crippen molar-refractivity contribution in [3.05, 3.63) is 40.3 Å². The van der Waals surface area contributed by atoms with Crippen LogP contribution >= 0.6 is 23.1 Å². The zero-order valence-electron chi connectivity index (χ0n) is 20.6. The molecule has 2 aromatic rings. The molecule has 8 heteroatoms. The van der Waals surface area contributed by atoms with Crippen LogP contribution in [0.2, 0.25) is 0 Å². The van der Waals surface area contributed by atoms with Crippen molar-refractivity contribution >= 4 is 51.6 Å². The highest BCUT2D eigenvalue weighted by atomic mass is 32.2. The number of anilines is 2. The summed E-state index contributed by atoms with van der Waals surface area (Å²) in [6.07, 6.45) is 4.95. The number of rotatable bonds is 8. The molecule has 0 aliphatic heterocycles. The Kier molecular flexibility index (Phi) is 8.82. The molecule has 1 aliphatic carbocycles. The highest BCUT2D eigenvalue weighted by molar-refractivity contribution is 8.00. The van der Waals surface area contributed by atoms with Gasteiger partial charge in [0.05, 0.1) is 17.9 Å². The third-order valence-electron chi connectivity index (χ3n) is 5.55. The van der Waals surface area contributed by atoms with Gasteiger partial charge in [0.25, 0.3) is 0 Å². The molecule has 184 valence electrons. The van der Waals surface area contributed by atoms with Crippen LogP contribution in [0.1, 0.15) is 74.2 Å². The summed E-state index contributed by atoms with van der Waals surface area (Å²) in [6, 6.07) is 7.56. The van der Waals surface area contributed by atoms with Crippen LogP contribution in [0, 0.1) is 5.41 Å². The number of hydrogen-bond donors (Lipinski definition) is 2. The van der Waals surface area contributed by atoms with Crippen molar-refractivity contribution < 1.29 is 19.1 Å². The van der Waals surface area contributed by atoms with E-state index in [-0.39, 0.29) is 22.5 Å². The molecule has 2 amide bonds. The number of thiophene rings is 1. The molecule has 6 nitrogen and oxygen atoms in total. The first kappa shape index (κ1) is 26.3. The van der Waals surface area contributed by atoms with Crippen LogP contribution in [-0.2, 0) is 27.2 Å². The predicted molar refractivity (Wildman–Crippen MR) is 140 cm³/mol. The maximum absolute atomic E-state index is 13.2. The lowest BCUT2D eigenvalue weighted by molar-refractivity contribution is -0.118. The largest absolute Gasteiger partial charge is 0.465 e. The molecule has 0 saturated heterocycles. The smallest absolute Gasteiger partial charge is 0.341 e. The number of esters is 1. The minimum atomic E-state index is -0.394. The summed E-state index contributed by atoms with van der Waals surface area (Å²) in [5.41, 5.74) is 2.16. The van der Waals surface area contributed by atoms with Crippen LogP contribution in [-0.4, -0.2) is 30.1 Å². The summed E-state index contributed by atoms with van der Waals surface area (Å²) in [6.45, 7) is 8.05. The maximum atomic E-state index is 13.2. The van der Waals surface area contributed by atoms with Crippen LogP contribution in [0.5, 0.6) is 0 Å². The number of benzene rings is 1. The van der Waals surface area contributed by atoms with Gasteiger partial charge in [0.1, 0.15) is 5.00 Å². The van der Waals surface area contributed by atoms with Crippen LogP contribution in [0.4, 0.5) is 10.7 Å². The Balaban J connectivity index is 1.72.